The van der Waals surface area contributed by atoms with Crippen molar-refractivity contribution in [2.75, 3.05) is 27.9 Å². The number of rotatable bonds is 9. The fourth-order valence-electron chi connectivity index (χ4n) is 2.77. The number of carboxylic acid groups (broad SMARTS) is 1. The number of hydrogen-bond acceptors (Lipinski definition) is 5. The number of carbonyl (C=O) groups is 2. The number of nitrogens with one attached hydrogen (secondary N) is 1. The molecule has 0 aromatic carbocycles. The molecule has 2 atom stereocenters. The lowest BCUT2D eigenvalue weighted by atomic mass is 9.95. The molecule has 0 heterocycles. The maximum Gasteiger partial charge on any atom is 0.500 e. The Balaban J connectivity index is 2.35. The highest BCUT2D eigenvalue weighted by Gasteiger charge is 2.38. The molecule has 1 aliphatic carbocycles. The van der Waals surface area contributed by atoms with Crippen molar-refractivity contribution in [2.45, 2.75) is 31.7 Å². The molecule has 0 aliphatic heterocycles. The molecule has 1 amide bonds. The van der Waals surface area contributed by atoms with Gasteiger partial charge >= 0.3 is 14.8 Å². The first kappa shape index (κ1) is 18.1. The van der Waals surface area contributed by atoms with E-state index in [9.17, 15) is 9.59 Å². The average Bonchev–Trinajstić information content (AvgIpc) is 2.98. The molecule has 0 bridgehead atoms. The molecule has 1 aliphatic rings. The van der Waals surface area contributed by atoms with Gasteiger partial charge in [-0.15, -0.1) is 0 Å². The molecule has 0 saturated heterocycles. The Morgan fingerprint density at radius 3 is 2.24 bits per heavy atom. The monoisotopic (exact) mass is 319 g/mol. The summed E-state index contributed by atoms with van der Waals surface area (Å²) >= 11 is 0. The molecule has 2 unspecified atom stereocenters. The summed E-state index contributed by atoms with van der Waals surface area (Å²) in [6.45, 7) is 0.465. The van der Waals surface area contributed by atoms with Gasteiger partial charge in [-0.1, -0.05) is 6.42 Å². The van der Waals surface area contributed by atoms with Crippen LogP contribution in [0.5, 0.6) is 0 Å². The van der Waals surface area contributed by atoms with E-state index in [0.717, 1.165) is 6.42 Å². The van der Waals surface area contributed by atoms with E-state index in [-0.39, 0.29) is 5.91 Å². The van der Waals surface area contributed by atoms with Crippen LogP contribution >= 0.6 is 0 Å². The summed E-state index contributed by atoms with van der Waals surface area (Å²) in [6.07, 6.45) is 2.69. The molecule has 0 aromatic heterocycles. The summed E-state index contributed by atoms with van der Waals surface area (Å²) < 4.78 is 15.9. The molecule has 1 rings (SSSR count). The summed E-state index contributed by atoms with van der Waals surface area (Å²) in [4.78, 5) is 23.1. The predicted octanol–water partition coefficient (Wildman–Crippen LogP) is 0.872. The van der Waals surface area contributed by atoms with Gasteiger partial charge in [0.1, 0.15) is 0 Å². The summed E-state index contributed by atoms with van der Waals surface area (Å²) in [6, 6.07) is 0.601. The molecular formula is C13H25NO6Si. The van der Waals surface area contributed by atoms with Gasteiger partial charge in [-0.25, -0.2) is 0 Å². The van der Waals surface area contributed by atoms with Crippen LogP contribution in [0.15, 0.2) is 0 Å². The van der Waals surface area contributed by atoms with Gasteiger partial charge in [-0.2, -0.15) is 0 Å². The maximum atomic E-state index is 12.0. The highest BCUT2D eigenvalue weighted by molar-refractivity contribution is 6.60. The molecule has 8 heteroatoms. The molecule has 1 fully saturated rings. The minimum absolute atomic E-state index is 0.167. The first-order chi connectivity index (χ1) is 9.99. The summed E-state index contributed by atoms with van der Waals surface area (Å²) in [5.74, 6) is -2.00. The van der Waals surface area contributed by atoms with Gasteiger partial charge in [0, 0.05) is 33.9 Å². The Labute approximate surface area is 126 Å². The zero-order valence-corrected chi connectivity index (χ0v) is 13.9. The Morgan fingerprint density at radius 1 is 1.14 bits per heavy atom. The number of hydrogen-bond donors (Lipinski definition) is 2. The molecule has 0 spiro atoms. The van der Waals surface area contributed by atoms with Crippen LogP contribution in [-0.2, 0) is 22.9 Å². The lowest BCUT2D eigenvalue weighted by Crippen LogP contribution is -2.43. The van der Waals surface area contributed by atoms with Gasteiger partial charge in [0.05, 0.1) is 11.8 Å². The summed E-state index contributed by atoms with van der Waals surface area (Å²) in [7, 11) is 2.05. The lowest BCUT2D eigenvalue weighted by Gasteiger charge is -2.24. The second-order valence-electron chi connectivity index (χ2n) is 5.17. The molecule has 7 nitrogen and oxygen atoms in total. The van der Waals surface area contributed by atoms with Crippen LogP contribution in [0, 0.1) is 11.8 Å². The highest BCUT2D eigenvalue weighted by atomic mass is 28.4. The third kappa shape index (κ3) is 4.77. The Kier molecular flexibility index (Phi) is 7.30. The van der Waals surface area contributed by atoms with E-state index in [0.29, 0.717) is 31.9 Å². The molecule has 21 heavy (non-hydrogen) atoms. The van der Waals surface area contributed by atoms with Gasteiger partial charge in [0.25, 0.3) is 0 Å². The molecule has 2 N–H and O–H groups in total. The van der Waals surface area contributed by atoms with E-state index >= 15 is 0 Å². The third-order valence-corrected chi connectivity index (χ3v) is 6.89. The zero-order valence-electron chi connectivity index (χ0n) is 12.9. The maximum absolute atomic E-state index is 12.0. The molecule has 122 valence electrons. The van der Waals surface area contributed by atoms with Crippen molar-refractivity contribution < 1.29 is 28.0 Å². The van der Waals surface area contributed by atoms with Crippen molar-refractivity contribution in [3.63, 3.8) is 0 Å². The van der Waals surface area contributed by atoms with Crippen molar-refractivity contribution in [1.82, 2.24) is 5.32 Å². The van der Waals surface area contributed by atoms with Crippen LogP contribution < -0.4 is 5.32 Å². The first-order valence-electron chi connectivity index (χ1n) is 7.15. The fraction of sp³-hybridized carbons (Fsp3) is 0.846. The minimum Gasteiger partial charge on any atom is -0.481 e. The van der Waals surface area contributed by atoms with E-state index in [1.807, 2.05) is 0 Å². The van der Waals surface area contributed by atoms with Crippen molar-refractivity contribution >= 4 is 20.7 Å². The summed E-state index contributed by atoms with van der Waals surface area (Å²) in [5, 5.41) is 11.9. The smallest absolute Gasteiger partial charge is 0.481 e. The standard InChI is InChI=1S/C13H25NO6Si/c1-18-21(19-2,20-3)9-5-8-14-12(15)10-6-4-7-11(10)13(16)17/h10-11H,4-9H2,1-3H3,(H,14,15)(H,16,17). The second kappa shape index (κ2) is 8.47. The van der Waals surface area contributed by atoms with Gasteiger partial charge in [-0.05, 0) is 19.3 Å². The topological polar surface area (TPSA) is 94.1 Å². The van der Waals surface area contributed by atoms with E-state index in [1.165, 1.54) is 0 Å². The van der Waals surface area contributed by atoms with Crippen LogP contribution in [0.1, 0.15) is 25.7 Å². The van der Waals surface area contributed by atoms with Crippen LogP contribution in [-0.4, -0.2) is 53.7 Å². The van der Waals surface area contributed by atoms with Gasteiger partial charge in [-0.3, -0.25) is 9.59 Å². The van der Waals surface area contributed by atoms with Gasteiger partial charge in [0.2, 0.25) is 5.91 Å². The lowest BCUT2D eigenvalue weighted by molar-refractivity contribution is -0.146. The summed E-state index contributed by atoms with van der Waals surface area (Å²) in [5.41, 5.74) is 0. The van der Waals surface area contributed by atoms with Crippen molar-refractivity contribution in [2.24, 2.45) is 11.8 Å². The van der Waals surface area contributed by atoms with Crippen LogP contribution in [0.2, 0.25) is 6.04 Å². The highest BCUT2D eigenvalue weighted by Crippen LogP contribution is 2.32. The second-order valence-corrected chi connectivity index (χ2v) is 8.26. The van der Waals surface area contributed by atoms with Crippen molar-refractivity contribution in [3.05, 3.63) is 0 Å². The quantitative estimate of drug-likeness (QED) is 0.484. The van der Waals surface area contributed by atoms with E-state index in [4.69, 9.17) is 18.4 Å². The van der Waals surface area contributed by atoms with E-state index in [2.05, 4.69) is 5.32 Å². The molecule has 0 aromatic rings. The van der Waals surface area contributed by atoms with Crippen LogP contribution in [0.4, 0.5) is 0 Å². The third-order valence-electron chi connectivity index (χ3n) is 4.06. The fourth-order valence-corrected chi connectivity index (χ4v) is 4.50. The number of amides is 1. The zero-order chi connectivity index (χ0) is 15.9. The number of aliphatic carboxylic acids is 1. The van der Waals surface area contributed by atoms with Crippen molar-refractivity contribution in [3.8, 4) is 0 Å². The van der Waals surface area contributed by atoms with E-state index in [1.54, 1.807) is 21.3 Å². The Hall–Kier alpha value is -0.963. The number of carboxylic acids is 1. The predicted molar refractivity (Wildman–Crippen MR) is 77.7 cm³/mol. The number of carbonyl (C=O) groups excluding carboxylic acids is 1. The minimum atomic E-state index is -2.60. The first-order valence-corrected chi connectivity index (χ1v) is 9.09. The molecular weight excluding hydrogens is 294 g/mol. The molecule has 1 saturated carbocycles. The van der Waals surface area contributed by atoms with Gasteiger partial charge < -0.3 is 23.7 Å². The average molecular weight is 319 g/mol. The SMILES string of the molecule is CO[Si](CCCNC(=O)C1CCCC1C(=O)O)(OC)OC. The normalized spacial score (nSPS) is 22.2. The Morgan fingerprint density at radius 2 is 1.71 bits per heavy atom. The van der Waals surface area contributed by atoms with Gasteiger partial charge in [0.15, 0.2) is 0 Å². The van der Waals surface area contributed by atoms with Crippen molar-refractivity contribution in [1.29, 1.82) is 0 Å². The Bertz CT molecular complexity index is 352. The largest absolute Gasteiger partial charge is 0.500 e. The van der Waals surface area contributed by atoms with Crippen LogP contribution in [0.25, 0.3) is 0 Å². The van der Waals surface area contributed by atoms with Crippen LogP contribution in [0.3, 0.4) is 0 Å². The molecule has 0 radical (unpaired) electrons. The van der Waals surface area contributed by atoms with E-state index < -0.39 is 26.6 Å².